The van der Waals surface area contributed by atoms with E-state index >= 15 is 0 Å². The van der Waals surface area contributed by atoms with Crippen molar-refractivity contribution in [2.45, 2.75) is 76.5 Å². The number of halogens is 4. The largest absolute Gasteiger partial charge is 0.491 e. The van der Waals surface area contributed by atoms with Gasteiger partial charge in [-0.3, -0.25) is 9.69 Å². The van der Waals surface area contributed by atoms with Gasteiger partial charge in [0.2, 0.25) is 0 Å². The Morgan fingerprint density at radius 2 is 2.00 bits per heavy atom. The summed E-state index contributed by atoms with van der Waals surface area (Å²) in [5.41, 5.74) is -1.73. The van der Waals surface area contributed by atoms with E-state index in [1.165, 1.54) is 11.3 Å². The number of hydrogen-bond acceptors (Lipinski definition) is 5. The second kappa shape index (κ2) is 11.3. The van der Waals surface area contributed by atoms with Crippen LogP contribution in [0.3, 0.4) is 0 Å². The minimum atomic E-state index is -4.72. The zero-order chi connectivity index (χ0) is 28.5. The average molecular weight is 574 g/mol. The fourth-order valence-electron chi connectivity index (χ4n) is 4.54. The van der Waals surface area contributed by atoms with Crippen LogP contribution in [0.15, 0.2) is 29.4 Å². The molecule has 3 atom stereocenters. The summed E-state index contributed by atoms with van der Waals surface area (Å²) in [4.78, 5) is 31.1. The second-order valence-corrected chi connectivity index (χ2v) is 11.8. The first-order valence-corrected chi connectivity index (χ1v) is 13.4. The first kappa shape index (κ1) is 29.1. The van der Waals surface area contributed by atoms with E-state index in [1.54, 1.807) is 4.57 Å². The van der Waals surface area contributed by atoms with E-state index in [-0.39, 0.29) is 36.8 Å². The van der Waals surface area contributed by atoms with Crippen molar-refractivity contribution in [2.24, 2.45) is 4.99 Å². The summed E-state index contributed by atoms with van der Waals surface area (Å²) in [5, 5.41) is 9.32. The van der Waals surface area contributed by atoms with Gasteiger partial charge in [-0.2, -0.15) is 18.2 Å². The predicted molar refractivity (Wildman–Crippen MR) is 135 cm³/mol. The van der Waals surface area contributed by atoms with Gasteiger partial charge in [-0.05, 0) is 36.5 Å². The van der Waals surface area contributed by atoms with E-state index in [0.717, 1.165) is 34.8 Å². The Morgan fingerprint density at radius 3 is 2.62 bits per heavy atom. The van der Waals surface area contributed by atoms with Gasteiger partial charge in [-0.1, -0.05) is 20.8 Å². The molecule has 0 spiro atoms. The highest BCUT2D eigenvalue weighted by atomic mass is 32.1. The molecule has 1 N–H and O–H groups in total. The topological polar surface area (TPSA) is 93.4 Å². The third-order valence-corrected chi connectivity index (χ3v) is 8.10. The monoisotopic (exact) mass is 573 g/mol. The second-order valence-electron chi connectivity index (χ2n) is 10.8. The molecule has 1 aromatic carbocycles. The van der Waals surface area contributed by atoms with Gasteiger partial charge in [0, 0.05) is 24.1 Å². The minimum absolute atomic E-state index is 0.0585. The van der Waals surface area contributed by atoms with E-state index < -0.39 is 41.5 Å². The number of nitrogens with zero attached hydrogens (tertiary/aromatic N) is 3. The molecule has 2 fully saturated rings. The number of benzene rings is 1. The molecule has 39 heavy (non-hydrogen) atoms. The fraction of sp³-hybridized carbons (Fsp3) is 0.577. The number of ether oxygens (including phenoxy) is 2. The normalized spacial score (nSPS) is 22.5. The van der Waals surface area contributed by atoms with E-state index in [9.17, 15) is 32.3 Å². The number of carboxylic acid groups (broad SMARTS) is 1. The number of amides is 2. The SMILES string of the molecule is CC(C)(C)c1cn(C[C@H]2CCCO2)c(=NC(=O)c2cc(C(F)(F)F)ccc2OC[C@@H]2C[C@H](F)CN2C(=O)O)s1. The molecule has 3 heterocycles. The number of likely N-dealkylation sites (tertiary alicyclic amines) is 1. The predicted octanol–water partition coefficient (Wildman–Crippen LogP) is 5.26. The molecule has 2 aliphatic rings. The van der Waals surface area contributed by atoms with Gasteiger partial charge in [0.15, 0.2) is 4.80 Å². The number of aromatic nitrogens is 1. The van der Waals surface area contributed by atoms with Crippen molar-refractivity contribution < 1.29 is 41.7 Å². The van der Waals surface area contributed by atoms with E-state index in [4.69, 9.17) is 9.47 Å². The fourth-order valence-corrected chi connectivity index (χ4v) is 5.59. The molecule has 2 aromatic rings. The summed E-state index contributed by atoms with van der Waals surface area (Å²) in [5.74, 6) is -1.13. The summed E-state index contributed by atoms with van der Waals surface area (Å²) in [6.07, 6.45) is -3.95. The molecule has 0 radical (unpaired) electrons. The highest BCUT2D eigenvalue weighted by Crippen LogP contribution is 2.34. The van der Waals surface area contributed by atoms with Crippen LogP contribution in [0.25, 0.3) is 0 Å². The van der Waals surface area contributed by atoms with E-state index in [1.807, 2.05) is 27.0 Å². The maximum Gasteiger partial charge on any atom is 0.416 e. The van der Waals surface area contributed by atoms with Crippen molar-refractivity contribution in [3.8, 4) is 5.75 Å². The zero-order valence-corrected chi connectivity index (χ0v) is 22.6. The molecule has 214 valence electrons. The molecule has 0 aliphatic carbocycles. The van der Waals surface area contributed by atoms with E-state index in [2.05, 4.69) is 4.99 Å². The Labute approximate surface area is 226 Å². The number of hydrogen-bond donors (Lipinski definition) is 1. The average Bonchev–Trinajstić information content (AvgIpc) is 3.58. The summed E-state index contributed by atoms with van der Waals surface area (Å²) < 4.78 is 67.5. The Hall–Kier alpha value is -2.93. The molecule has 0 bridgehead atoms. The maximum atomic E-state index is 13.8. The molecule has 1 aromatic heterocycles. The highest BCUT2D eigenvalue weighted by Gasteiger charge is 2.37. The van der Waals surface area contributed by atoms with Crippen LogP contribution < -0.4 is 9.54 Å². The summed E-state index contributed by atoms with van der Waals surface area (Å²) in [6.45, 7) is 6.45. The maximum absolute atomic E-state index is 13.8. The summed E-state index contributed by atoms with van der Waals surface area (Å²) in [6, 6.07) is 1.60. The molecule has 0 saturated carbocycles. The van der Waals surface area contributed by atoms with Gasteiger partial charge < -0.3 is 19.1 Å². The van der Waals surface area contributed by atoms with Crippen molar-refractivity contribution >= 4 is 23.3 Å². The van der Waals surface area contributed by atoms with Crippen molar-refractivity contribution in [3.05, 3.63) is 45.2 Å². The van der Waals surface area contributed by atoms with Gasteiger partial charge in [-0.15, -0.1) is 11.3 Å². The molecule has 2 amide bonds. The van der Waals surface area contributed by atoms with Gasteiger partial charge in [0.05, 0.1) is 36.4 Å². The summed E-state index contributed by atoms with van der Waals surface area (Å²) in [7, 11) is 0. The van der Waals surface area contributed by atoms with Crippen LogP contribution in [-0.2, 0) is 22.9 Å². The third kappa shape index (κ3) is 6.99. The van der Waals surface area contributed by atoms with Gasteiger partial charge >= 0.3 is 12.3 Å². The quantitative estimate of drug-likeness (QED) is 0.477. The Morgan fingerprint density at radius 1 is 1.26 bits per heavy atom. The van der Waals surface area contributed by atoms with Crippen molar-refractivity contribution in [3.63, 3.8) is 0 Å². The zero-order valence-electron chi connectivity index (χ0n) is 21.8. The smallest absolute Gasteiger partial charge is 0.416 e. The number of rotatable bonds is 6. The van der Waals surface area contributed by atoms with Gasteiger partial charge in [-0.25, -0.2) is 9.18 Å². The van der Waals surface area contributed by atoms with Crippen molar-refractivity contribution in [1.82, 2.24) is 9.47 Å². The van der Waals surface area contributed by atoms with Crippen molar-refractivity contribution in [2.75, 3.05) is 19.8 Å². The van der Waals surface area contributed by atoms with Crippen LogP contribution in [0, 0.1) is 0 Å². The number of carbonyl (C=O) groups excluding carboxylic acids is 1. The molecule has 2 saturated heterocycles. The van der Waals surface area contributed by atoms with Crippen LogP contribution in [0.5, 0.6) is 5.75 Å². The van der Waals surface area contributed by atoms with E-state index in [0.29, 0.717) is 24.0 Å². The summed E-state index contributed by atoms with van der Waals surface area (Å²) >= 11 is 1.27. The third-order valence-electron chi connectivity index (χ3n) is 6.66. The Balaban J connectivity index is 1.69. The van der Waals surface area contributed by atoms with Crippen LogP contribution >= 0.6 is 11.3 Å². The first-order valence-electron chi connectivity index (χ1n) is 12.6. The lowest BCUT2D eigenvalue weighted by Crippen LogP contribution is -2.38. The lowest BCUT2D eigenvalue weighted by molar-refractivity contribution is -0.137. The van der Waals surface area contributed by atoms with Crippen LogP contribution in [-0.4, -0.2) is 64.6 Å². The molecular weight excluding hydrogens is 542 g/mol. The minimum Gasteiger partial charge on any atom is -0.491 e. The molecule has 0 unspecified atom stereocenters. The van der Waals surface area contributed by atoms with Crippen LogP contribution in [0.4, 0.5) is 22.4 Å². The molecule has 2 aliphatic heterocycles. The Bertz CT molecular complexity index is 1280. The first-order chi connectivity index (χ1) is 18.2. The highest BCUT2D eigenvalue weighted by molar-refractivity contribution is 7.09. The standard InChI is InChI=1S/C26H31F4N3O5S/c1-25(2,3)21-13-32(12-18-5-4-8-37-18)23(39-21)31-22(34)19-9-15(26(28,29)30)6-7-20(19)38-14-17-10-16(27)11-33(17)24(35)36/h6-7,9,13,16-18H,4-5,8,10-12,14H2,1-3H3,(H,35,36)/t16-,17-,18+/m0/s1. The van der Waals surface area contributed by atoms with Crippen LogP contribution in [0.2, 0.25) is 0 Å². The van der Waals surface area contributed by atoms with Gasteiger partial charge in [0.25, 0.3) is 5.91 Å². The Kier molecular flexibility index (Phi) is 8.41. The molecule has 13 heteroatoms. The van der Waals surface area contributed by atoms with Crippen molar-refractivity contribution in [1.29, 1.82) is 0 Å². The lowest BCUT2D eigenvalue weighted by atomic mass is 9.95. The van der Waals surface area contributed by atoms with Gasteiger partial charge in [0.1, 0.15) is 18.5 Å². The number of carbonyl (C=O) groups is 2. The number of thiazole rings is 1. The molecular formula is C26H31F4N3O5S. The van der Waals surface area contributed by atoms with Crippen LogP contribution in [0.1, 0.15) is 60.8 Å². The molecule has 4 rings (SSSR count). The number of alkyl halides is 4. The lowest BCUT2D eigenvalue weighted by Gasteiger charge is -2.22. The molecule has 8 nitrogen and oxygen atoms in total.